The van der Waals surface area contributed by atoms with E-state index in [4.69, 9.17) is 18.0 Å². The number of nitrogens with zero attached hydrogens (tertiary/aromatic N) is 1. The van der Waals surface area contributed by atoms with E-state index in [0.717, 1.165) is 17.0 Å². The van der Waals surface area contributed by atoms with Gasteiger partial charge in [0.1, 0.15) is 5.82 Å². The van der Waals surface area contributed by atoms with Gasteiger partial charge in [-0.3, -0.25) is 14.5 Å². The SMILES string of the molecule is C#CCN1C(=O)C(=O)c2cc(Cl)c(F)cc21. The average molecular weight is 238 g/mol. The molecular weight excluding hydrogens is 233 g/mol. The summed E-state index contributed by atoms with van der Waals surface area (Å²) in [5, 5.41) is -0.192. The molecule has 0 aliphatic carbocycles. The molecule has 0 fully saturated rings. The first-order valence-corrected chi connectivity index (χ1v) is 4.72. The molecule has 3 nitrogen and oxygen atoms in total. The van der Waals surface area contributed by atoms with Gasteiger partial charge in [-0.2, -0.15) is 0 Å². The number of carbonyl (C=O) groups excluding carboxylic acids is 2. The van der Waals surface area contributed by atoms with Gasteiger partial charge >= 0.3 is 0 Å². The molecule has 1 aromatic carbocycles. The largest absolute Gasteiger partial charge is 0.300 e. The molecule has 16 heavy (non-hydrogen) atoms. The van der Waals surface area contributed by atoms with E-state index in [2.05, 4.69) is 5.92 Å². The number of amides is 1. The van der Waals surface area contributed by atoms with E-state index in [1.165, 1.54) is 0 Å². The molecule has 2 rings (SSSR count). The van der Waals surface area contributed by atoms with E-state index < -0.39 is 17.5 Å². The van der Waals surface area contributed by atoms with Crippen molar-refractivity contribution in [3.05, 3.63) is 28.5 Å². The molecule has 0 aromatic heterocycles. The summed E-state index contributed by atoms with van der Waals surface area (Å²) >= 11 is 5.53. The third-order valence-corrected chi connectivity index (χ3v) is 2.55. The molecule has 0 unspecified atom stereocenters. The lowest BCUT2D eigenvalue weighted by molar-refractivity contribution is -0.114. The van der Waals surface area contributed by atoms with E-state index in [1.54, 1.807) is 0 Å². The molecule has 0 saturated heterocycles. The number of anilines is 1. The summed E-state index contributed by atoms with van der Waals surface area (Å²) in [6.45, 7) is -0.0708. The van der Waals surface area contributed by atoms with Crippen LogP contribution in [0.1, 0.15) is 10.4 Å². The third-order valence-electron chi connectivity index (χ3n) is 2.26. The molecule has 1 aliphatic heterocycles. The fourth-order valence-electron chi connectivity index (χ4n) is 1.54. The van der Waals surface area contributed by atoms with Crippen LogP contribution in [-0.4, -0.2) is 18.2 Å². The molecule has 0 bridgehead atoms. The Morgan fingerprint density at radius 1 is 1.44 bits per heavy atom. The molecule has 0 radical (unpaired) electrons. The Morgan fingerprint density at radius 2 is 2.12 bits per heavy atom. The molecule has 0 saturated carbocycles. The van der Waals surface area contributed by atoms with Crippen molar-refractivity contribution in [1.82, 2.24) is 0 Å². The summed E-state index contributed by atoms with van der Waals surface area (Å²) in [4.78, 5) is 24.0. The quantitative estimate of drug-likeness (QED) is 0.550. The van der Waals surface area contributed by atoms with E-state index >= 15 is 0 Å². The van der Waals surface area contributed by atoms with Gasteiger partial charge in [-0.25, -0.2) is 4.39 Å². The third kappa shape index (κ3) is 1.37. The van der Waals surface area contributed by atoms with E-state index in [0.29, 0.717) is 0 Å². The summed E-state index contributed by atoms with van der Waals surface area (Å²) in [7, 11) is 0. The van der Waals surface area contributed by atoms with Gasteiger partial charge in [-0.1, -0.05) is 17.5 Å². The van der Waals surface area contributed by atoms with Crippen molar-refractivity contribution in [1.29, 1.82) is 0 Å². The summed E-state index contributed by atoms with van der Waals surface area (Å²) in [5.74, 6) is 0.0726. The number of terminal acetylenes is 1. The zero-order valence-electron chi connectivity index (χ0n) is 7.96. The second-order valence-corrected chi connectivity index (χ2v) is 3.62. The monoisotopic (exact) mass is 237 g/mol. The number of carbonyl (C=O) groups is 2. The maximum Gasteiger partial charge on any atom is 0.300 e. The number of hydrogen-bond donors (Lipinski definition) is 0. The molecule has 1 amide bonds. The van der Waals surface area contributed by atoms with Crippen LogP contribution in [0.3, 0.4) is 0 Å². The Kier molecular flexibility index (Phi) is 2.41. The van der Waals surface area contributed by atoms with Gasteiger partial charge in [-0.05, 0) is 12.1 Å². The van der Waals surface area contributed by atoms with Crippen molar-refractivity contribution in [3.8, 4) is 12.3 Å². The fourth-order valence-corrected chi connectivity index (χ4v) is 1.70. The number of fused-ring (bicyclic) bond motifs is 1. The summed E-state index contributed by atoms with van der Waals surface area (Å²) in [5.41, 5.74) is 0.265. The number of halogens is 2. The number of hydrogen-bond acceptors (Lipinski definition) is 2. The van der Waals surface area contributed by atoms with Crippen LogP contribution in [0.25, 0.3) is 0 Å². The van der Waals surface area contributed by atoms with Crippen LogP contribution < -0.4 is 4.90 Å². The zero-order valence-corrected chi connectivity index (χ0v) is 8.71. The predicted molar refractivity (Wildman–Crippen MR) is 56.9 cm³/mol. The minimum absolute atomic E-state index is 0.0708. The predicted octanol–water partition coefficient (Wildman–Crippen LogP) is 1.64. The van der Waals surface area contributed by atoms with Crippen molar-refractivity contribution < 1.29 is 14.0 Å². The normalized spacial score (nSPS) is 13.9. The summed E-state index contributed by atoms with van der Waals surface area (Å²) < 4.78 is 13.2. The highest BCUT2D eigenvalue weighted by Gasteiger charge is 2.36. The van der Waals surface area contributed by atoms with E-state index in [9.17, 15) is 14.0 Å². The lowest BCUT2D eigenvalue weighted by Crippen LogP contribution is -2.29. The van der Waals surface area contributed by atoms with Gasteiger partial charge in [-0.15, -0.1) is 6.42 Å². The van der Waals surface area contributed by atoms with Gasteiger partial charge in [0.15, 0.2) is 0 Å². The Labute approximate surface area is 95.8 Å². The summed E-state index contributed by atoms with van der Waals surface area (Å²) in [6, 6.07) is 2.18. The van der Waals surface area contributed by atoms with Gasteiger partial charge in [0, 0.05) is 0 Å². The second-order valence-electron chi connectivity index (χ2n) is 3.21. The Morgan fingerprint density at radius 3 is 2.75 bits per heavy atom. The molecule has 0 N–H and O–H groups in total. The van der Waals surface area contributed by atoms with Crippen molar-refractivity contribution in [2.75, 3.05) is 11.4 Å². The topological polar surface area (TPSA) is 37.4 Å². The van der Waals surface area contributed by atoms with Crippen molar-refractivity contribution in [2.24, 2.45) is 0 Å². The first kappa shape index (κ1) is 10.7. The zero-order chi connectivity index (χ0) is 11.9. The number of benzene rings is 1. The number of rotatable bonds is 1. The van der Waals surface area contributed by atoms with Crippen LogP contribution in [0.2, 0.25) is 5.02 Å². The summed E-state index contributed by atoms with van der Waals surface area (Å²) in [6.07, 6.45) is 5.07. The maximum absolute atomic E-state index is 13.2. The van der Waals surface area contributed by atoms with Crippen LogP contribution in [0.4, 0.5) is 10.1 Å². The molecular formula is C11H5ClFNO2. The smallest absolute Gasteiger partial charge is 0.293 e. The Hall–Kier alpha value is -1.86. The number of ketones is 1. The molecule has 5 heteroatoms. The molecule has 80 valence electrons. The fraction of sp³-hybridized carbons (Fsp3) is 0.0909. The molecule has 1 aliphatic rings. The van der Waals surface area contributed by atoms with Crippen LogP contribution in [0.5, 0.6) is 0 Å². The van der Waals surface area contributed by atoms with Crippen LogP contribution in [0, 0.1) is 18.2 Å². The molecule has 0 spiro atoms. The van der Waals surface area contributed by atoms with E-state index in [1.807, 2.05) is 0 Å². The van der Waals surface area contributed by atoms with Gasteiger partial charge in [0.05, 0.1) is 22.8 Å². The average Bonchev–Trinajstić information content (AvgIpc) is 2.46. The lowest BCUT2D eigenvalue weighted by atomic mass is 10.1. The first-order valence-electron chi connectivity index (χ1n) is 4.35. The highest BCUT2D eigenvalue weighted by molar-refractivity contribution is 6.52. The second kappa shape index (κ2) is 3.62. The number of Topliss-reactive ketones (excluding diaryl/α,β-unsaturated/α-hetero) is 1. The van der Waals surface area contributed by atoms with Gasteiger partial charge in [0.2, 0.25) is 0 Å². The van der Waals surface area contributed by atoms with Crippen LogP contribution >= 0.6 is 11.6 Å². The first-order chi connectivity index (χ1) is 7.56. The minimum atomic E-state index is -0.755. The van der Waals surface area contributed by atoms with Gasteiger partial charge in [0.25, 0.3) is 11.7 Å². The Balaban J connectivity index is 2.62. The van der Waals surface area contributed by atoms with Crippen molar-refractivity contribution in [3.63, 3.8) is 0 Å². The Bertz CT molecular complexity index is 548. The van der Waals surface area contributed by atoms with Crippen LogP contribution in [-0.2, 0) is 4.79 Å². The van der Waals surface area contributed by atoms with E-state index in [-0.39, 0.29) is 22.8 Å². The van der Waals surface area contributed by atoms with Crippen molar-refractivity contribution >= 4 is 29.0 Å². The molecule has 0 atom stereocenters. The van der Waals surface area contributed by atoms with Gasteiger partial charge < -0.3 is 0 Å². The lowest BCUT2D eigenvalue weighted by Gasteiger charge is -2.12. The molecule has 1 heterocycles. The molecule has 1 aromatic rings. The van der Waals surface area contributed by atoms with Crippen LogP contribution in [0.15, 0.2) is 12.1 Å². The van der Waals surface area contributed by atoms with Crippen molar-refractivity contribution in [2.45, 2.75) is 0 Å². The highest BCUT2D eigenvalue weighted by atomic mass is 35.5. The highest BCUT2D eigenvalue weighted by Crippen LogP contribution is 2.32. The standard InChI is InChI=1S/C11H5ClFNO2/c1-2-3-14-9-5-8(13)7(12)4-6(9)10(15)11(14)16/h1,4-5H,3H2. The maximum atomic E-state index is 13.2. The minimum Gasteiger partial charge on any atom is -0.293 e.